The van der Waals surface area contributed by atoms with Gasteiger partial charge in [0.15, 0.2) is 18.1 Å². The molecular weight excluding hydrogens is 334 g/mol. The van der Waals surface area contributed by atoms with Crippen LogP contribution in [0.1, 0.15) is 5.56 Å². The average Bonchev–Trinajstić information content (AvgIpc) is 3.16. The van der Waals surface area contributed by atoms with Crippen LogP contribution >= 0.6 is 0 Å². The van der Waals surface area contributed by atoms with Crippen LogP contribution in [0.4, 0.5) is 0 Å². The molecule has 1 aromatic heterocycles. The molecule has 1 N–H and O–H groups in total. The van der Waals surface area contributed by atoms with Crippen LogP contribution in [0, 0.1) is 6.92 Å². The zero-order valence-corrected chi connectivity index (χ0v) is 14.8. The van der Waals surface area contributed by atoms with E-state index in [9.17, 15) is 4.79 Å². The van der Waals surface area contributed by atoms with Gasteiger partial charge in [-0.3, -0.25) is 4.79 Å². The number of rotatable bonds is 6. The lowest BCUT2D eigenvalue weighted by atomic mass is 10.1. The van der Waals surface area contributed by atoms with E-state index >= 15 is 0 Å². The van der Waals surface area contributed by atoms with E-state index in [1.54, 1.807) is 25.2 Å². The summed E-state index contributed by atoms with van der Waals surface area (Å²) in [6, 6.07) is 13.0. The second kappa shape index (κ2) is 7.69. The molecule has 7 nitrogen and oxygen atoms in total. The molecule has 0 bridgehead atoms. The summed E-state index contributed by atoms with van der Waals surface area (Å²) in [5.74, 6) is 1.62. The van der Waals surface area contributed by atoms with Crippen LogP contribution in [-0.2, 0) is 4.79 Å². The molecule has 0 saturated heterocycles. The Morgan fingerprint density at radius 3 is 2.73 bits per heavy atom. The predicted molar refractivity (Wildman–Crippen MR) is 96.0 cm³/mol. The molecule has 7 heteroatoms. The fraction of sp³-hybridized carbons (Fsp3) is 0.211. The maximum atomic E-state index is 11.3. The number of aromatic nitrogens is 2. The van der Waals surface area contributed by atoms with Crippen molar-refractivity contribution >= 4 is 5.91 Å². The van der Waals surface area contributed by atoms with Crippen molar-refractivity contribution in [3.05, 3.63) is 48.0 Å². The third-order valence-electron chi connectivity index (χ3n) is 3.86. The zero-order valence-electron chi connectivity index (χ0n) is 14.8. The normalized spacial score (nSPS) is 10.4. The number of nitrogens with zero attached hydrogens (tertiary/aromatic N) is 2. The Morgan fingerprint density at radius 1 is 1.19 bits per heavy atom. The number of methoxy groups -OCH3 is 1. The molecule has 26 heavy (non-hydrogen) atoms. The summed E-state index contributed by atoms with van der Waals surface area (Å²) in [5.41, 5.74) is 2.67. The molecule has 0 unspecified atom stereocenters. The third-order valence-corrected chi connectivity index (χ3v) is 3.86. The Balaban J connectivity index is 1.86. The molecular formula is C19H19N3O4. The molecule has 1 heterocycles. The van der Waals surface area contributed by atoms with Gasteiger partial charge in [-0.2, -0.15) is 4.98 Å². The molecule has 1 amide bonds. The van der Waals surface area contributed by atoms with Gasteiger partial charge in [0, 0.05) is 18.2 Å². The lowest BCUT2D eigenvalue weighted by Gasteiger charge is -2.10. The molecule has 0 saturated carbocycles. The molecule has 0 aliphatic heterocycles. The van der Waals surface area contributed by atoms with Crippen molar-refractivity contribution in [3.8, 4) is 34.3 Å². The second-order valence-corrected chi connectivity index (χ2v) is 5.57. The van der Waals surface area contributed by atoms with Crippen molar-refractivity contribution in [1.29, 1.82) is 0 Å². The van der Waals surface area contributed by atoms with E-state index in [1.165, 1.54) is 7.11 Å². The van der Waals surface area contributed by atoms with Crippen LogP contribution in [0.5, 0.6) is 11.5 Å². The van der Waals surface area contributed by atoms with Crippen molar-refractivity contribution in [3.63, 3.8) is 0 Å². The summed E-state index contributed by atoms with van der Waals surface area (Å²) < 4.78 is 16.2. The van der Waals surface area contributed by atoms with Gasteiger partial charge in [-0.25, -0.2) is 0 Å². The standard InChI is InChI=1S/C19H19N3O4/c1-12-6-4-5-7-14(12)19-21-18(22-26-19)13-8-9-15(16(10-13)24-3)25-11-17(23)20-2/h4-10H,11H2,1-3H3,(H,20,23). The Bertz CT molecular complexity index is 921. The van der Waals surface area contributed by atoms with Crippen LogP contribution in [0.3, 0.4) is 0 Å². The Hall–Kier alpha value is -3.35. The van der Waals surface area contributed by atoms with Gasteiger partial charge in [0.2, 0.25) is 5.82 Å². The van der Waals surface area contributed by atoms with Gasteiger partial charge in [0.05, 0.1) is 7.11 Å². The van der Waals surface area contributed by atoms with Crippen molar-refractivity contribution < 1.29 is 18.8 Å². The first-order valence-electron chi connectivity index (χ1n) is 8.04. The van der Waals surface area contributed by atoms with E-state index in [1.807, 2.05) is 31.2 Å². The van der Waals surface area contributed by atoms with E-state index in [0.29, 0.717) is 23.2 Å². The summed E-state index contributed by atoms with van der Waals surface area (Å²) in [4.78, 5) is 15.8. The average molecular weight is 353 g/mol. The largest absolute Gasteiger partial charge is 0.493 e. The first kappa shape index (κ1) is 17.5. The molecule has 0 aliphatic carbocycles. The fourth-order valence-electron chi connectivity index (χ4n) is 2.40. The smallest absolute Gasteiger partial charge is 0.258 e. The van der Waals surface area contributed by atoms with E-state index in [-0.39, 0.29) is 12.5 Å². The van der Waals surface area contributed by atoms with Crippen LogP contribution in [0.2, 0.25) is 0 Å². The summed E-state index contributed by atoms with van der Waals surface area (Å²) in [7, 11) is 3.08. The number of likely N-dealkylation sites (N-methyl/N-ethyl adjacent to an activating group) is 1. The number of ether oxygens (including phenoxy) is 2. The first-order chi connectivity index (χ1) is 12.6. The van der Waals surface area contributed by atoms with Crippen LogP contribution in [0.15, 0.2) is 47.0 Å². The van der Waals surface area contributed by atoms with Gasteiger partial charge in [0.25, 0.3) is 11.8 Å². The van der Waals surface area contributed by atoms with Crippen LogP contribution < -0.4 is 14.8 Å². The maximum absolute atomic E-state index is 11.3. The highest BCUT2D eigenvalue weighted by atomic mass is 16.5. The van der Waals surface area contributed by atoms with Gasteiger partial charge in [0.1, 0.15) is 0 Å². The SMILES string of the molecule is CNC(=O)COc1ccc(-c2noc(-c3ccccc3C)n2)cc1OC. The van der Waals surface area contributed by atoms with Crippen molar-refractivity contribution in [2.45, 2.75) is 6.92 Å². The Kier molecular flexibility index (Phi) is 5.17. The zero-order chi connectivity index (χ0) is 18.5. The van der Waals surface area contributed by atoms with E-state index < -0.39 is 0 Å². The number of nitrogens with one attached hydrogen (secondary N) is 1. The third kappa shape index (κ3) is 3.66. The lowest BCUT2D eigenvalue weighted by Crippen LogP contribution is -2.24. The molecule has 0 spiro atoms. The number of amides is 1. The Morgan fingerprint density at radius 2 is 2.00 bits per heavy atom. The minimum Gasteiger partial charge on any atom is -0.493 e. The van der Waals surface area contributed by atoms with E-state index in [0.717, 1.165) is 16.7 Å². The summed E-state index contributed by atoms with van der Waals surface area (Å²) in [5, 5.41) is 6.55. The minimum absolute atomic E-state index is 0.0914. The molecule has 2 aromatic carbocycles. The maximum Gasteiger partial charge on any atom is 0.258 e. The van der Waals surface area contributed by atoms with Crippen molar-refractivity contribution in [2.75, 3.05) is 20.8 Å². The van der Waals surface area contributed by atoms with E-state index in [4.69, 9.17) is 14.0 Å². The molecule has 0 aliphatic rings. The van der Waals surface area contributed by atoms with Crippen molar-refractivity contribution in [2.24, 2.45) is 0 Å². The number of carbonyl (C=O) groups excluding carboxylic acids is 1. The second-order valence-electron chi connectivity index (χ2n) is 5.57. The van der Waals surface area contributed by atoms with Gasteiger partial charge in [-0.05, 0) is 36.8 Å². The highest BCUT2D eigenvalue weighted by Crippen LogP contribution is 2.32. The summed E-state index contributed by atoms with van der Waals surface area (Å²) in [6.45, 7) is 1.90. The fourth-order valence-corrected chi connectivity index (χ4v) is 2.40. The van der Waals surface area contributed by atoms with Crippen LogP contribution in [0.25, 0.3) is 22.8 Å². The molecule has 0 atom stereocenters. The van der Waals surface area contributed by atoms with Crippen molar-refractivity contribution in [1.82, 2.24) is 15.5 Å². The molecule has 0 radical (unpaired) electrons. The highest BCUT2D eigenvalue weighted by molar-refractivity contribution is 5.77. The number of hydrogen-bond acceptors (Lipinski definition) is 6. The molecule has 0 fully saturated rings. The van der Waals surface area contributed by atoms with Gasteiger partial charge in [-0.1, -0.05) is 23.4 Å². The Labute approximate surface area is 150 Å². The van der Waals surface area contributed by atoms with E-state index in [2.05, 4.69) is 15.5 Å². The number of benzene rings is 2. The van der Waals surface area contributed by atoms with Gasteiger partial charge in [-0.15, -0.1) is 0 Å². The van der Waals surface area contributed by atoms with Crippen LogP contribution in [-0.4, -0.2) is 36.8 Å². The summed E-state index contributed by atoms with van der Waals surface area (Å²) >= 11 is 0. The topological polar surface area (TPSA) is 86.5 Å². The number of aryl methyl sites for hydroxylation is 1. The minimum atomic E-state index is -0.225. The van der Waals surface area contributed by atoms with Gasteiger partial charge < -0.3 is 19.3 Å². The molecule has 3 aromatic rings. The summed E-state index contributed by atoms with van der Waals surface area (Å²) in [6.07, 6.45) is 0. The quantitative estimate of drug-likeness (QED) is 0.733. The van der Waals surface area contributed by atoms with Gasteiger partial charge >= 0.3 is 0 Å². The number of carbonyl (C=O) groups is 1. The molecule has 134 valence electrons. The molecule has 3 rings (SSSR count). The highest BCUT2D eigenvalue weighted by Gasteiger charge is 2.15. The lowest BCUT2D eigenvalue weighted by molar-refractivity contribution is -0.122. The first-order valence-corrected chi connectivity index (χ1v) is 8.04. The predicted octanol–water partition coefficient (Wildman–Crippen LogP) is 2.85. The number of hydrogen-bond donors (Lipinski definition) is 1. The monoisotopic (exact) mass is 353 g/mol.